The number of pyridine rings is 1. The Balaban J connectivity index is 1.50. The van der Waals surface area contributed by atoms with Gasteiger partial charge in [-0.15, -0.1) is 0 Å². The number of likely N-dealkylation sites (tertiary alicyclic amines) is 1. The second-order valence-corrected chi connectivity index (χ2v) is 6.69. The molecule has 1 spiro atoms. The fraction of sp³-hybridized carbons (Fsp3) is 0.444. The lowest BCUT2D eigenvalue weighted by atomic mass is 9.78. The van der Waals surface area contributed by atoms with Gasteiger partial charge in [0.25, 0.3) is 0 Å². The van der Waals surface area contributed by atoms with Gasteiger partial charge in [-0.2, -0.15) is 0 Å². The summed E-state index contributed by atoms with van der Waals surface area (Å²) in [4.78, 5) is 30.1. The van der Waals surface area contributed by atoms with Crippen molar-refractivity contribution in [2.45, 2.75) is 25.8 Å². The minimum Gasteiger partial charge on any atom is -0.340 e. The number of hydrogen-bond acceptors (Lipinski definition) is 5. The van der Waals surface area contributed by atoms with Gasteiger partial charge in [0.1, 0.15) is 0 Å². The SMILES string of the molecule is O=C1N(Cc2cccnc2)CC[C@@]12CCCN(c1ncccn1)C2. The van der Waals surface area contributed by atoms with Crippen LogP contribution in [0.4, 0.5) is 5.95 Å². The summed E-state index contributed by atoms with van der Waals surface area (Å²) in [5.74, 6) is 1.00. The number of carbonyl (C=O) groups excluding carboxylic acids is 1. The lowest BCUT2D eigenvalue weighted by Crippen LogP contribution is -2.48. The summed E-state index contributed by atoms with van der Waals surface area (Å²) >= 11 is 0. The molecule has 1 atom stereocenters. The van der Waals surface area contributed by atoms with Crippen molar-refractivity contribution < 1.29 is 4.79 Å². The summed E-state index contributed by atoms with van der Waals surface area (Å²) in [6.07, 6.45) is 9.99. The molecule has 2 fully saturated rings. The first kappa shape index (κ1) is 15.1. The maximum Gasteiger partial charge on any atom is 0.230 e. The third kappa shape index (κ3) is 2.72. The lowest BCUT2D eigenvalue weighted by Gasteiger charge is -2.39. The quantitative estimate of drug-likeness (QED) is 0.863. The number of anilines is 1. The van der Waals surface area contributed by atoms with Crippen molar-refractivity contribution >= 4 is 11.9 Å². The van der Waals surface area contributed by atoms with Gasteiger partial charge in [0.2, 0.25) is 11.9 Å². The minimum atomic E-state index is -0.278. The Kier molecular flexibility index (Phi) is 3.88. The average Bonchev–Trinajstić information content (AvgIpc) is 2.93. The Morgan fingerprint density at radius 2 is 1.96 bits per heavy atom. The monoisotopic (exact) mass is 323 g/mol. The fourth-order valence-corrected chi connectivity index (χ4v) is 3.89. The molecule has 2 aliphatic rings. The van der Waals surface area contributed by atoms with E-state index >= 15 is 0 Å². The molecule has 2 saturated heterocycles. The van der Waals surface area contributed by atoms with Crippen LogP contribution in [-0.2, 0) is 11.3 Å². The van der Waals surface area contributed by atoms with Crippen LogP contribution in [0.2, 0.25) is 0 Å². The summed E-state index contributed by atoms with van der Waals surface area (Å²) in [7, 11) is 0. The Labute approximate surface area is 141 Å². The Morgan fingerprint density at radius 3 is 2.75 bits per heavy atom. The minimum absolute atomic E-state index is 0.270. The standard InChI is InChI=1S/C18H21N5O/c24-16-18(6-11-22(16)13-15-4-1-7-19-12-15)5-2-10-23(14-18)17-20-8-3-9-21-17/h1,3-4,7-9,12H,2,5-6,10-11,13-14H2/t18-/m1/s1. The molecule has 0 bridgehead atoms. The van der Waals surface area contributed by atoms with E-state index in [2.05, 4.69) is 19.9 Å². The summed E-state index contributed by atoms with van der Waals surface area (Å²) in [6.45, 7) is 3.11. The third-order valence-corrected chi connectivity index (χ3v) is 5.11. The van der Waals surface area contributed by atoms with E-state index in [0.717, 1.165) is 50.4 Å². The molecule has 2 aromatic heterocycles. The van der Waals surface area contributed by atoms with Crippen LogP contribution in [-0.4, -0.2) is 45.4 Å². The second kappa shape index (κ2) is 6.19. The van der Waals surface area contributed by atoms with Gasteiger partial charge in [-0.25, -0.2) is 9.97 Å². The number of amides is 1. The van der Waals surface area contributed by atoms with Crippen LogP contribution in [0.15, 0.2) is 43.0 Å². The zero-order valence-electron chi connectivity index (χ0n) is 13.6. The number of nitrogens with zero attached hydrogens (tertiary/aromatic N) is 5. The molecule has 1 amide bonds. The predicted molar refractivity (Wildman–Crippen MR) is 90.2 cm³/mol. The van der Waals surface area contributed by atoms with Gasteiger partial charge in [-0.3, -0.25) is 9.78 Å². The van der Waals surface area contributed by atoms with Crippen molar-refractivity contribution in [1.29, 1.82) is 0 Å². The maximum absolute atomic E-state index is 13.1. The maximum atomic E-state index is 13.1. The van der Waals surface area contributed by atoms with Crippen LogP contribution >= 0.6 is 0 Å². The normalized spacial score (nSPS) is 23.9. The number of carbonyl (C=O) groups is 1. The van der Waals surface area contributed by atoms with E-state index in [0.29, 0.717) is 6.54 Å². The molecule has 0 radical (unpaired) electrons. The summed E-state index contributed by atoms with van der Waals surface area (Å²) in [6, 6.07) is 5.76. The Hall–Kier alpha value is -2.50. The molecule has 0 aliphatic carbocycles. The molecular weight excluding hydrogens is 302 g/mol. The summed E-state index contributed by atoms with van der Waals surface area (Å²) < 4.78 is 0. The zero-order valence-corrected chi connectivity index (χ0v) is 13.6. The van der Waals surface area contributed by atoms with E-state index in [1.54, 1.807) is 18.6 Å². The highest BCUT2D eigenvalue weighted by atomic mass is 16.2. The van der Waals surface area contributed by atoms with Crippen LogP contribution in [0.3, 0.4) is 0 Å². The highest BCUT2D eigenvalue weighted by Gasteiger charge is 2.49. The van der Waals surface area contributed by atoms with Gasteiger partial charge in [-0.1, -0.05) is 6.07 Å². The van der Waals surface area contributed by atoms with Crippen molar-refractivity contribution in [2.75, 3.05) is 24.5 Å². The van der Waals surface area contributed by atoms with Crippen LogP contribution in [0.1, 0.15) is 24.8 Å². The van der Waals surface area contributed by atoms with E-state index in [1.807, 2.05) is 29.3 Å². The van der Waals surface area contributed by atoms with Crippen molar-refractivity contribution in [3.05, 3.63) is 48.5 Å². The summed E-state index contributed by atoms with van der Waals surface area (Å²) in [5.41, 5.74) is 0.807. The third-order valence-electron chi connectivity index (χ3n) is 5.11. The number of hydrogen-bond donors (Lipinski definition) is 0. The predicted octanol–water partition coefficient (Wildman–Crippen LogP) is 1.89. The van der Waals surface area contributed by atoms with Gasteiger partial charge < -0.3 is 9.80 Å². The lowest BCUT2D eigenvalue weighted by molar-refractivity contribution is -0.137. The average molecular weight is 323 g/mol. The molecule has 24 heavy (non-hydrogen) atoms. The summed E-state index contributed by atoms with van der Waals surface area (Å²) in [5, 5.41) is 0. The fourth-order valence-electron chi connectivity index (χ4n) is 3.89. The molecule has 124 valence electrons. The van der Waals surface area contributed by atoms with E-state index in [-0.39, 0.29) is 11.3 Å². The first-order valence-corrected chi connectivity index (χ1v) is 8.47. The van der Waals surface area contributed by atoms with E-state index in [9.17, 15) is 4.79 Å². The molecule has 0 aromatic carbocycles. The van der Waals surface area contributed by atoms with Crippen LogP contribution in [0.25, 0.3) is 0 Å². The zero-order chi connectivity index (χ0) is 16.4. The van der Waals surface area contributed by atoms with Crippen molar-refractivity contribution in [3.63, 3.8) is 0 Å². The van der Waals surface area contributed by atoms with Gasteiger partial charge in [0, 0.05) is 51.0 Å². The van der Waals surface area contributed by atoms with Gasteiger partial charge >= 0.3 is 0 Å². The molecule has 0 N–H and O–H groups in total. The molecule has 4 heterocycles. The van der Waals surface area contributed by atoms with E-state index in [4.69, 9.17) is 0 Å². The number of rotatable bonds is 3. The molecule has 4 rings (SSSR count). The molecular formula is C18H21N5O. The number of aromatic nitrogens is 3. The van der Waals surface area contributed by atoms with Crippen LogP contribution in [0, 0.1) is 5.41 Å². The number of piperidine rings is 1. The van der Waals surface area contributed by atoms with Gasteiger partial charge in [-0.05, 0) is 37.0 Å². The topological polar surface area (TPSA) is 62.2 Å². The first-order chi connectivity index (χ1) is 11.8. The largest absolute Gasteiger partial charge is 0.340 e. The van der Waals surface area contributed by atoms with Crippen molar-refractivity contribution in [1.82, 2.24) is 19.9 Å². The van der Waals surface area contributed by atoms with E-state index in [1.165, 1.54) is 0 Å². The molecule has 6 nitrogen and oxygen atoms in total. The van der Waals surface area contributed by atoms with Crippen molar-refractivity contribution in [2.24, 2.45) is 5.41 Å². The molecule has 6 heteroatoms. The van der Waals surface area contributed by atoms with Crippen LogP contribution in [0.5, 0.6) is 0 Å². The van der Waals surface area contributed by atoms with E-state index < -0.39 is 0 Å². The molecule has 2 aromatic rings. The smallest absolute Gasteiger partial charge is 0.230 e. The van der Waals surface area contributed by atoms with Gasteiger partial charge in [0.05, 0.1) is 5.41 Å². The van der Waals surface area contributed by atoms with Crippen LogP contribution < -0.4 is 4.90 Å². The first-order valence-electron chi connectivity index (χ1n) is 8.47. The van der Waals surface area contributed by atoms with Crippen molar-refractivity contribution in [3.8, 4) is 0 Å². The second-order valence-electron chi connectivity index (χ2n) is 6.69. The van der Waals surface area contributed by atoms with Gasteiger partial charge in [0.15, 0.2) is 0 Å². The Morgan fingerprint density at radius 1 is 1.08 bits per heavy atom. The molecule has 0 unspecified atom stereocenters. The highest BCUT2D eigenvalue weighted by molar-refractivity contribution is 5.85. The molecule has 0 saturated carbocycles. The Bertz CT molecular complexity index is 708. The highest BCUT2D eigenvalue weighted by Crippen LogP contribution is 2.41. The molecule has 2 aliphatic heterocycles.